The van der Waals surface area contributed by atoms with Crippen LogP contribution in [0.4, 0.5) is 16.2 Å². The predicted octanol–water partition coefficient (Wildman–Crippen LogP) is 2.47. The molecule has 2 rings (SSSR count). The molecule has 2 aromatic carbocycles. The Morgan fingerprint density at radius 3 is 2.40 bits per heavy atom. The molecule has 0 saturated heterocycles. The fourth-order valence-electron chi connectivity index (χ4n) is 2.03. The number of nitrogens with one attached hydrogen (secondary N) is 2. The first-order chi connectivity index (χ1) is 11.9. The molecule has 0 aliphatic rings. The summed E-state index contributed by atoms with van der Waals surface area (Å²) in [4.78, 5) is 35.9. The van der Waals surface area contributed by atoms with Crippen molar-refractivity contribution >= 4 is 29.3 Å². The topological polar surface area (TPSA) is 111 Å². The SMILES string of the molecule is Cc1cccc(C(=O)OC(C)C(=O)NC(=O)Nc2ccccc2)c1N. The number of ether oxygens (including phenoxy) is 1. The van der Waals surface area contributed by atoms with Gasteiger partial charge in [0.2, 0.25) is 0 Å². The van der Waals surface area contributed by atoms with Gasteiger partial charge < -0.3 is 15.8 Å². The van der Waals surface area contributed by atoms with Gasteiger partial charge in [-0.2, -0.15) is 0 Å². The highest BCUT2D eigenvalue weighted by Gasteiger charge is 2.22. The summed E-state index contributed by atoms with van der Waals surface area (Å²) in [5, 5.41) is 4.61. The highest BCUT2D eigenvalue weighted by Crippen LogP contribution is 2.18. The summed E-state index contributed by atoms with van der Waals surface area (Å²) in [6, 6.07) is 12.9. The second-order valence-corrected chi connectivity index (χ2v) is 5.39. The second kappa shape index (κ2) is 7.96. The minimum Gasteiger partial charge on any atom is -0.449 e. The zero-order valence-electron chi connectivity index (χ0n) is 13.9. The number of carbonyl (C=O) groups excluding carboxylic acids is 3. The van der Waals surface area contributed by atoms with E-state index in [0.29, 0.717) is 11.4 Å². The Balaban J connectivity index is 1.92. The van der Waals surface area contributed by atoms with Crippen LogP contribution >= 0.6 is 0 Å². The fraction of sp³-hybridized carbons (Fsp3) is 0.167. The van der Waals surface area contributed by atoms with Crippen molar-refractivity contribution in [3.63, 3.8) is 0 Å². The number of carbonyl (C=O) groups is 3. The molecule has 130 valence electrons. The van der Waals surface area contributed by atoms with Gasteiger partial charge in [-0.15, -0.1) is 0 Å². The van der Waals surface area contributed by atoms with E-state index in [1.807, 2.05) is 0 Å². The molecule has 7 nitrogen and oxygen atoms in total. The molecule has 25 heavy (non-hydrogen) atoms. The first kappa shape index (κ1) is 18.0. The fourth-order valence-corrected chi connectivity index (χ4v) is 2.03. The highest BCUT2D eigenvalue weighted by molar-refractivity contribution is 6.04. The van der Waals surface area contributed by atoms with Gasteiger partial charge in [-0.05, 0) is 37.6 Å². The van der Waals surface area contributed by atoms with Gasteiger partial charge in [-0.1, -0.05) is 30.3 Å². The molecule has 0 radical (unpaired) electrons. The van der Waals surface area contributed by atoms with E-state index in [-0.39, 0.29) is 5.56 Å². The normalized spacial score (nSPS) is 11.3. The minimum atomic E-state index is -1.16. The van der Waals surface area contributed by atoms with Crippen molar-refractivity contribution in [1.82, 2.24) is 5.32 Å². The molecule has 0 aliphatic carbocycles. The number of urea groups is 1. The van der Waals surface area contributed by atoms with Gasteiger partial charge in [-0.3, -0.25) is 10.1 Å². The third-order valence-electron chi connectivity index (χ3n) is 3.47. The van der Waals surface area contributed by atoms with Crippen LogP contribution < -0.4 is 16.4 Å². The van der Waals surface area contributed by atoms with Crippen LogP contribution in [0.1, 0.15) is 22.8 Å². The number of imide groups is 1. The summed E-state index contributed by atoms with van der Waals surface area (Å²) in [6.45, 7) is 3.13. The lowest BCUT2D eigenvalue weighted by Gasteiger charge is -2.14. The lowest BCUT2D eigenvalue weighted by Crippen LogP contribution is -2.41. The molecule has 0 spiro atoms. The maximum Gasteiger partial charge on any atom is 0.341 e. The van der Waals surface area contributed by atoms with E-state index in [0.717, 1.165) is 5.56 Å². The van der Waals surface area contributed by atoms with Crippen LogP contribution in [0.25, 0.3) is 0 Å². The number of aryl methyl sites for hydroxylation is 1. The van der Waals surface area contributed by atoms with E-state index in [1.54, 1.807) is 49.4 Å². The van der Waals surface area contributed by atoms with E-state index >= 15 is 0 Å². The van der Waals surface area contributed by atoms with Crippen LogP contribution in [0.5, 0.6) is 0 Å². The lowest BCUT2D eigenvalue weighted by atomic mass is 10.1. The van der Waals surface area contributed by atoms with Crippen LogP contribution in [0.15, 0.2) is 48.5 Å². The number of nitrogen functional groups attached to an aromatic ring is 1. The van der Waals surface area contributed by atoms with Gasteiger partial charge >= 0.3 is 12.0 Å². The zero-order valence-corrected chi connectivity index (χ0v) is 13.9. The highest BCUT2D eigenvalue weighted by atomic mass is 16.5. The molecule has 0 heterocycles. The van der Waals surface area contributed by atoms with Crippen molar-refractivity contribution in [2.45, 2.75) is 20.0 Å². The average molecular weight is 341 g/mol. The van der Waals surface area contributed by atoms with Crippen molar-refractivity contribution in [1.29, 1.82) is 0 Å². The third kappa shape index (κ3) is 4.81. The van der Waals surface area contributed by atoms with Crippen molar-refractivity contribution in [3.8, 4) is 0 Å². The molecular weight excluding hydrogens is 322 g/mol. The molecule has 7 heteroatoms. The number of esters is 1. The summed E-state index contributed by atoms with van der Waals surface area (Å²) in [7, 11) is 0. The maximum absolute atomic E-state index is 12.1. The Morgan fingerprint density at radius 2 is 1.72 bits per heavy atom. The summed E-state index contributed by atoms with van der Waals surface area (Å²) in [5.74, 6) is -1.47. The van der Waals surface area contributed by atoms with E-state index in [2.05, 4.69) is 10.6 Å². The van der Waals surface area contributed by atoms with Gasteiger partial charge in [0.1, 0.15) is 0 Å². The van der Waals surface area contributed by atoms with Crippen LogP contribution in [-0.2, 0) is 9.53 Å². The smallest absolute Gasteiger partial charge is 0.341 e. The Labute approximate surface area is 145 Å². The molecule has 0 fully saturated rings. The third-order valence-corrected chi connectivity index (χ3v) is 3.47. The van der Waals surface area contributed by atoms with Gasteiger partial charge in [-0.25, -0.2) is 9.59 Å². The van der Waals surface area contributed by atoms with Crippen LogP contribution in [0.3, 0.4) is 0 Å². The number of rotatable bonds is 4. The summed E-state index contributed by atoms with van der Waals surface area (Å²) < 4.78 is 5.07. The van der Waals surface area contributed by atoms with Crippen molar-refractivity contribution in [3.05, 3.63) is 59.7 Å². The molecule has 1 unspecified atom stereocenters. The Bertz CT molecular complexity index is 790. The minimum absolute atomic E-state index is 0.174. The number of amides is 3. The van der Waals surface area contributed by atoms with Gasteiger partial charge in [0.15, 0.2) is 6.10 Å². The number of hydrogen-bond donors (Lipinski definition) is 3. The zero-order chi connectivity index (χ0) is 18.4. The monoisotopic (exact) mass is 341 g/mol. The van der Waals surface area contributed by atoms with Gasteiger partial charge in [0, 0.05) is 11.4 Å². The molecule has 0 aliphatic heterocycles. The lowest BCUT2D eigenvalue weighted by molar-refractivity contribution is -0.127. The molecule has 1 atom stereocenters. The van der Waals surface area contributed by atoms with Crippen LogP contribution in [-0.4, -0.2) is 24.0 Å². The number of nitrogens with two attached hydrogens (primary N) is 1. The summed E-state index contributed by atoms with van der Waals surface area (Å²) in [5.41, 5.74) is 7.57. The first-order valence-electron chi connectivity index (χ1n) is 7.61. The maximum atomic E-state index is 12.1. The average Bonchev–Trinajstić information content (AvgIpc) is 2.57. The number of benzene rings is 2. The quantitative estimate of drug-likeness (QED) is 0.584. The number of para-hydroxylation sites is 2. The summed E-state index contributed by atoms with van der Waals surface area (Å²) in [6.07, 6.45) is -1.16. The number of hydrogen-bond acceptors (Lipinski definition) is 5. The molecule has 4 N–H and O–H groups in total. The Kier molecular flexibility index (Phi) is 5.73. The van der Waals surface area contributed by atoms with Crippen molar-refractivity contribution in [2.75, 3.05) is 11.1 Å². The summed E-state index contributed by atoms with van der Waals surface area (Å²) >= 11 is 0. The van der Waals surface area contributed by atoms with Crippen molar-refractivity contribution in [2.24, 2.45) is 0 Å². The molecule has 3 amide bonds. The van der Waals surface area contributed by atoms with Crippen molar-refractivity contribution < 1.29 is 19.1 Å². The number of anilines is 2. The van der Waals surface area contributed by atoms with Crippen LogP contribution in [0.2, 0.25) is 0 Å². The van der Waals surface area contributed by atoms with Gasteiger partial charge in [0.25, 0.3) is 5.91 Å². The van der Waals surface area contributed by atoms with E-state index in [9.17, 15) is 14.4 Å². The Hall–Kier alpha value is -3.35. The predicted molar refractivity (Wildman–Crippen MR) is 94.1 cm³/mol. The van der Waals surface area contributed by atoms with E-state index in [4.69, 9.17) is 10.5 Å². The van der Waals surface area contributed by atoms with Crippen LogP contribution in [0, 0.1) is 6.92 Å². The molecular formula is C18H19N3O4. The Morgan fingerprint density at radius 1 is 1.04 bits per heavy atom. The van der Waals surface area contributed by atoms with E-state index in [1.165, 1.54) is 13.0 Å². The van der Waals surface area contributed by atoms with E-state index < -0.39 is 24.0 Å². The molecule has 0 aromatic heterocycles. The molecule has 2 aromatic rings. The molecule has 0 saturated carbocycles. The first-order valence-corrected chi connectivity index (χ1v) is 7.61. The standard InChI is InChI=1S/C18H19N3O4/c1-11-7-6-10-14(15(11)19)17(23)25-12(2)16(22)21-18(24)20-13-8-4-3-5-9-13/h3-10,12H,19H2,1-2H3,(H2,20,21,22,24). The molecule has 0 bridgehead atoms. The van der Waals surface area contributed by atoms with Gasteiger partial charge in [0.05, 0.1) is 5.56 Å². The largest absolute Gasteiger partial charge is 0.449 e. The second-order valence-electron chi connectivity index (χ2n) is 5.39.